The number of amides is 1. The molecule has 0 bridgehead atoms. The fourth-order valence-corrected chi connectivity index (χ4v) is 2.23. The molecule has 0 aromatic carbocycles. The Morgan fingerprint density at radius 2 is 1.75 bits per heavy atom. The molecular weight excluding hydrogens is 254 g/mol. The molecule has 0 saturated carbocycles. The van der Waals surface area contributed by atoms with Crippen molar-refractivity contribution in [1.82, 2.24) is 15.1 Å². The number of hydrogen-bond acceptors (Lipinski definition) is 4. The van der Waals surface area contributed by atoms with Crippen LogP contribution in [0, 0.1) is 5.41 Å². The maximum Gasteiger partial charge on any atom is 0.234 e. The fourth-order valence-electron chi connectivity index (χ4n) is 2.23. The van der Waals surface area contributed by atoms with Gasteiger partial charge in [-0.3, -0.25) is 9.69 Å². The van der Waals surface area contributed by atoms with E-state index in [9.17, 15) is 4.79 Å². The van der Waals surface area contributed by atoms with Crippen molar-refractivity contribution in [3.05, 3.63) is 0 Å². The molecule has 0 aliphatic carbocycles. The normalized spacial score (nSPS) is 18.2. The van der Waals surface area contributed by atoms with Crippen LogP contribution in [-0.4, -0.2) is 73.2 Å². The zero-order chi connectivity index (χ0) is 15.0. The Bertz CT molecular complexity index is 281. The van der Waals surface area contributed by atoms with Crippen LogP contribution in [0.2, 0.25) is 0 Å². The molecular formula is C15H31N3O2. The van der Waals surface area contributed by atoms with Gasteiger partial charge in [-0.05, 0) is 24.8 Å². The van der Waals surface area contributed by atoms with Gasteiger partial charge in [-0.2, -0.15) is 0 Å². The summed E-state index contributed by atoms with van der Waals surface area (Å²) in [4.78, 5) is 16.4. The third-order valence-electron chi connectivity index (χ3n) is 3.67. The van der Waals surface area contributed by atoms with Gasteiger partial charge in [0.1, 0.15) is 0 Å². The molecule has 0 radical (unpaired) electrons. The van der Waals surface area contributed by atoms with Crippen molar-refractivity contribution in [2.75, 3.05) is 52.4 Å². The summed E-state index contributed by atoms with van der Waals surface area (Å²) in [7, 11) is 0. The first-order chi connectivity index (χ1) is 9.40. The largest absolute Gasteiger partial charge is 0.396 e. The fraction of sp³-hybridized carbons (Fsp3) is 0.933. The van der Waals surface area contributed by atoms with Crippen LogP contribution in [0.4, 0.5) is 0 Å². The summed E-state index contributed by atoms with van der Waals surface area (Å²) in [5, 5.41) is 11.5. The number of nitrogens with one attached hydrogen (secondary N) is 1. The van der Waals surface area contributed by atoms with Gasteiger partial charge in [0.05, 0.1) is 6.54 Å². The monoisotopic (exact) mass is 285 g/mol. The summed E-state index contributed by atoms with van der Waals surface area (Å²) >= 11 is 0. The van der Waals surface area contributed by atoms with Crippen molar-refractivity contribution in [1.29, 1.82) is 0 Å². The standard InChI is InChI=1S/C15H31N3O2/c1-15(2,3)5-7-17-8-10-18(11-9-17)13-14(20)16-6-4-12-19/h19H,4-13H2,1-3H3,(H,16,20). The molecule has 0 spiro atoms. The minimum Gasteiger partial charge on any atom is -0.396 e. The molecule has 0 atom stereocenters. The van der Waals surface area contributed by atoms with E-state index in [4.69, 9.17) is 5.11 Å². The van der Waals surface area contributed by atoms with Crippen molar-refractivity contribution >= 4 is 5.91 Å². The minimum atomic E-state index is 0.0709. The number of piperazine rings is 1. The van der Waals surface area contributed by atoms with Crippen molar-refractivity contribution in [3.8, 4) is 0 Å². The van der Waals surface area contributed by atoms with Crippen LogP contribution in [0.5, 0.6) is 0 Å². The highest BCUT2D eigenvalue weighted by molar-refractivity contribution is 5.77. The molecule has 1 amide bonds. The van der Waals surface area contributed by atoms with Gasteiger partial charge in [0, 0.05) is 39.3 Å². The first-order valence-corrected chi connectivity index (χ1v) is 7.73. The van der Waals surface area contributed by atoms with Crippen molar-refractivity contribution in [3.63, 3.8) is 0 Å². The average molecular weight is 285 g/mol. The van der Waals surface area contributed by atoms with Gasteiger partial charge in [-0.1, -0.05) is 20.8 Å². The Morgan fingerprint density at radius 3 is 2.30 bits per heavy atom. The summed E-state index contributed by atoms with van der Waals surface area (Å²) < 4.78 is 0. The van der Waals surface area contributed by atoms with Crippen LogP contribution in [0.3, 0.4) is 0 Å². The highest BCUT2D eigenvalue weighted by Crippen LogP contribution is 2.19. The molecule has 1 aliphatic rings. The van der Waals surface area contributed by atoms with Crippen LogP contribution in [0.25, 0.3) is 0 Å². The molecule has 1 saturated heterocycles. The number of rotatable bonds is 7. The second-order valence-electron chi connectivity index (χ2n) is 6.86. The number of aliphatic hydroxyl groups is 1. The Hall–Kier alpha value is -0.650. The van der Waals surface area contributed by atoms with E-state index in [2.05, 4.69) is 35.9 Å². The summed E-state index contributed by atoms with van der Waals surface area (Å²) in [5.74, 6) is 0.0709. The molecule has 0 unspecified atom stereocenters. The van der Waals surface area contributed by atoms with Crippen molar-refractivity contribution in [2.45, 2.75) is 33.6 Å². The Balaban J connectivity index is 2.14. The van der Waals surface area contributed by atoms with Crippen LogP contribution in [0.15, 0.2) is 0 Å². The van der Waals surface area contributed by atoms with E-state index in [1.807, 2.05) is 0 Å². The third kappa shape index (κ3) is 7.82. The van der Waals surface area contributed by atoms with E-state index in [0.717, 1.165) is 32.7 Å². The maximum atomic E-state index is 11.7. The average Bonchev–Trinajstić information content (AvgIpc) is 2.37. The second-order valence-corrected chi connectivity index (χ2v) is 6.86. The van der Waals surface area contributed by atoms with Gasteiger partial charge in [0.15, 0.2) is 0 Å². The van der Waals surface area contributed by atoms with E-state index >= 15 is 0 Å². The first kappa shape index (κ1) is 17.4. The van der Waals surface area contributed by atoms with Gasteiger partial charge < -0.3 is 15.3 Å². The van der Waals surface area contributed by atoms with E-state index in [-0.39, 0.29) is 12.5 Å². The van der Waals surface area contributed by atoms with Crippen LogP contribution in [0.1, 0.15) is 33.6 Å². The molecule has 1 heterocycles. The van der Waals surface area contributed by atoms with Crippen LogP contribution in [-0.2, 0) is 4.79 Å². The van der Waals surface area contributed by atoms with Crippen LogP contribution >= 0.6 is 0 Å². The highest BCUT2D eigenvalue weighted by Gasteiger charge is 2.20. The van der Waals surface area contributed by atoms with E-state index in [1.165, 1.54) is 6.42 Å². The van der Waals surface area contributed by atoms with Gasteiger partial charge in [0.2, 0.25) is 5.91 Å². The second kappa shape index (κ2) is 8.60. The number of carbonyl (C=O) groups is 1. The smallest absolute Gasteiger partial charge is 0.234 e. The first-order valence-electron chi connectivity index (χ1n) is 7.73. The van der Waals surface area contributed by atoms with E-state index in [1.54, 1.807) is 0 Å². The molecule has 0 aromatic heterocycles. The lowest BCUT2D eigenvalue weighted by molar-refractivity contribution is -0.122. The van der Waals surface area contributed by atoms with Crippen molar-refractivity contribution in [2.24, 2.45) is 5.41 Å². The Kier molecular flexibility index (Phi) is 7.48. The van der Waals surface area contributed by atoms with E-state index in [0.29, 0.717) is 24.9 Å². The molecule has 2 N–H and O–H groups in total. The molecule has 1 aliphatic heterocycles. The third-order valence-corrected chi connectivity index (χ3v) is 3.67. The van der Waals surface area contributed by atoms with Crippen LogP contribution < -0.4 is 5.32 Å². The number of nitrogens with zero attached hydrogens (tertiary/aromatic N) is 2. The quantitative estimate of drug-likeness (QED) is 0.670. The predicted molar refractivity (Wildman–Crippen MR) is 81.7 cm³/mol. The van der Waals surface area contributed by atoms with Gasteiger partial charge >= 0.3 is 0 Å². The zero-order valence-corrected chi connectivity index (χ0v) is 13.3. The Labute approximate surface area is 123 Å². The molecule has 5 heteroatoms. The van der Waals surface area contributed by atoms with E-state index < -0.39 is 0 Å². The lowest BCUT2D eigenvalue weighted by Gasteiger charge is -2.35. The molecule has 20 heavy (non-hydrogen) atoms. The summed E-state index contributed by atoms with van der Waals surface area (Å²) in [6.45, 7) is 13.2. The van der Waals surface area contributed by atoms with Gasteiger partial charge in [-0.25, -0.2) is 0 Å². The number of carbonyl (C=O) groups excluding carboxylic acids is 1. The lowest BCUT2D eigenvalue weighted by atomic mass is 9.92. The Morgan fingerprint density at radius 1 is 1.15 bits per heavy atom. The molecule has 1 rings (SSSR count). The zero-order valence-electron chi connectivity index (χ0n) is 13.3. The molecule has 118 valence electrons. The summed E-state index contributed by atoms with van der Waals surface area (Å²) in [6, 6.07) is 0. The number of hydrogen-bond donors (Lipinski definition) is 2. The molecule has 5 nitrogen and oxygen atoms in total. The molecule has 1 fully saturated rings. The minimum absolute atomic E-state index is 0.0709. The van der Waals surface area contributed by atoms with Crippen molar-refractivity contribution < 1.29 is 9.90 Å². The summed E-state index contributed by atoms with van der Waals surface area (Å²) in [6.07, 6.45) is 1.85. The SMILES string of the molecule is CC(C)(C)CCN1CCN(CC(=O)NCCCO)CC1. The predicted octanol–water partition coefficient (Wildman–Crippen LogP) is 0.539. The van der Waals surface area contributed by atoms with Gasteiger partial charge in [0.25, 0.3) is 0 Å². The highest BCUT2D eigenvalue weighted by atomic mass is 16.3. The molecule has 0 aromatic rings. The maximum absolute atomic E-state index is 11.7. The summed E-state index contributed by atoms with van der Waals surface area (Å²) in [5.41, 5.74) is 0.393. The number of aliphatic hydroxyl groups excluding tert-OH is 1. The van der Waals surface area contributed by atoms with Gasteiger partial charge in [-0.15, -0.1) is 0 Å². The lowest BCUT2D eigenvalue weighted by Crippen LogP contribution is -2.49. The topological polar surface area (TPSA) is 55.8 Å².